The van der Waals surface area contributed by atoms with Gasteiger partial charge in [0.15, 0.2) is 12.4 Å². The van der Waals surface area contributed by atoms with E-state index in [0.717, 1.165) is 12.1 Å². The summed E-state index contributed by atoms with van der Waals surface area (Å²) in [7, 11) is 1.97. The lowest BCUT2D eigenvalue weighted by Gasteiger charge is -1.91. The van der Waals surface area contributed by atoms with Crippen LogP contribution in [0, 0.1) is 0 Å². The van der Waals surface area contributed by atoms with Crippen LogP contribution in [0.4, 0.5) is 0 Å². The van der Waals surface area contributed by atoms with E-state index in [0.29, 0.717) is 5.82 Å². The van der Waals surface area contributed by atoms with Crippen LogP contribution in [0.25, 0.3) is 11.4 Å². The Morgan fingerprint density at radius 1 is 1.50 bits per heavy atom. The molecule has 0 aromatic carbocycles. The third-order valence-electron chi connectivity index (χ3n) is 1.93. The van der Waals surface area contributed by atoms with Crippen molar-refractivity contribution in [3.8, 4) is 11.4 Å². The number of hydrogen-bond donors (Lipinski definition) is 0. The molecule has 14 heavy (non-hydrogen) atoms. The van der Waals surface area contributed by atoms with E-state index in [2.05, 4.69) is 15.4 Å². The van der Waals surface area contributed by atoms with Gasteiger partial charge in [0, 0.05) is 6.07 Å². The molecule has 72 valence electrons. The molecule has 0 saturated heterocycles. The van der Waals surface area contributed by atoms with Gasteiger partial charge in [-0.25, -0.2) is 4.57 Å². The number of aromatic nitrogens is 5. The summed E-state index contributed by atoms with van der Waals surface area (Å²) in [5.74, 6) is 0.669. The zero-order valence-electron chi connectivity index (χ0n) is 8.25. The van der Waals surface area contributed by atoms with Crippen LogP contribution in [0.15, 0.2) is 24.5 Å². The lowest BCUT2D eigenvalue weighted by molar-refractivity contribution is -0.671. The first-order valence-corrected chi connectivity index (χ1v) is 4.53. The second kappa shape index (κ2) is 3.53. The molecule has 0 radical (unpaired) electrons. The topological polar surface area (TPSA) is 47.5 Å². The molecule has 2 heterocycles. The van der Waals surface area contributed by atoms with Crippen molar-refractivity contribution in [2.75, 3.05) is 0 Å². The highest BCUT2D eigenvalue weighted by Gasteiger charge is 2.07. The largest absolute Gasteiger partial charge is 0.210 e. The molecule has 5 nitrogen and oxygen atoms in total. The summed E-state index contributed by atoms with van der Waals surface area (Å²) in [5.41, 5.74) is 0.981. The van der Waals surface area contributed by atoms with Gasteiger partial charge in [-0.2, -0.15) is 4.80 Å². The average molecular weight is 190 g/mol. The van der Waals surface area contributed by atoms with Crippen LogP contribution in [-0.2, 0) is 13.6 Å². The van der Waals surface area contributed by atoms with Crippen molar-refractivity contribution in [2.45, 2.75) is 13.5 Å². The Balaban J connectivity index is 2.39. The Morgan fingerprint density at radius 2 is 2.36 bits per heavy atom. The molecule has 0 aliphatic rings. The normalized spacial score (nSPS) is 10.4. The van der Waals surface area contributed by atoms with Crippen LogP contribution in [0.3, 0.4) is 0 Å². The molecule has 0 bridgehead atoms. The molecule has 2 aromatic heterocycles. The van der Waals surface area contributed by atoms with Crippen molar-refractivity contribution in [1.82, 2.24) is 20.2 Å². The molecule has 0 atom stereocenters. The zero-order valence-corrected chi connectivity index (χ0v) is 8.25. The van der Waals surface area contributed by atoms with Crippen LogP contribution in [0.5, 0.6) is 0 Å². The maximum atomic E-state index is 4.22. The van der Waals surface area contributed by atoms with E-state index in [-0.39, 0.29) is 0 Å². The molecule has 0 saturated carbocycles. The molecule has 0 fully saturated rings. The second-order valence-electron chi connectivity index (χ2n) is 3.06. The maximum absolute atomic E-state index is 4.22. The first-order valence-electron chi connectivity index (χ1n) is 4.53. The van der Waals surface area contributed by atoms with Crippen molar-refractivity contribution in [3.05, 3.63) is 24.5 Å². The Kier molecular flexibility index (Phi) is 2.22. The minimum absolute atomic E-state index is 0.669. The van der Waals surface area contributed by atoms with Gasteiger partial charge in [0.2, 0.25) is 5.82 Å². The average Bonchev–Trinajstić information content (AvgIpc) is 2.66. The quantitative estimate of drug-likeness (QED) is 0.635. The molecule has 0 amide bonds. The third kappa shape index (κ3) is 1.61. The van der Waals surface area contributed by atoms with Crippen LogP contribution in [0.1, 0.15) is 6.92 Å². The fraction of sp³-hybridized carbons (Fsp3) is 0.333. The first-order chi connectivity index (χ1) is 6.79. The van der Waals surface area contributed by atoms with Crippen molar-refractivity contribution < 1.29 is 4.57 Å². The predicted molar refractivity (Wildman–Crippen MR) is 50.1 cm³/mol. The van der Waals surface area contributed by atoms with E-state index in [9.17, 15) is 0 Å². The number of pyridine rings is 1. The highest BCUT2D eigenvalue weighted by Crippen LogP contribution is 2.09. The van der Waals surface area contributed by atoms with Gasteiger partial charge < -0.3 is 0 Å². The van der Waals surface area contributed by atoms with Gasteiger partial charge in [-0.05, 0) is 18.2 Å². The van der Waals surface area contributed by atoms with Gasteiger partial charge >= 0.3 is 0 Å². The summed E-state index contributed by atoms with van der Waals surface area (Å²) in [6.45, 7) is 2.72. The van der Waals surface area contributed by atoms with Gasteiger partial charge in [-0.3, -0.25) is 0 Å². The highest BCUT2D eigenvalue weighted by molar-refractivity contribution is 5.50. The molecule has 0 unspecified atom stereocenters. The Labute approximate surface area is 82.0 Å². The Bertz CT molecular complexity index is 434. The van der Waals surface area contributed by atoms with E-state index in [4.69, 9.17) is 0 Å². The monoisotopic (exact) mass is 190 g/mol. The minimum atomic E-state index is 0.669. The van der Waals surface area contributed by atoms with Crippen molar-refractivity contribution >= 4 is 0 Å². The van der Waals surface area contributed by atoms with Gasteiger partial charge in [0.25, 0.3) is 0 Å². The van der Waals surface area contributed by atoms with Crippen molar-refractivity contribution in [2.24, 2.45) is 7.05 Å². The van der Waals surface area contributed by atoms with Crippen LogP contribution < -0.4 is 4.57 Å². The number of rotatable bonds is 2. The molecular weight excluding hydrogens is 178 g/mol. The summed E-state index contributed by atoms with van der Waals surface area (Å²) in [6, 6.07) is 3.93. The summed E-state index contributed by atoms with van der Waals surface area (Å²) < 4.78 is 1.96. The summed E-state index contributed by atoms with van der Waals surface area (Å²) >= 11 is 0. The van der Waals surface area contributed by atoms with Crippen LogP contribution >= 0.6 is 0 Å². The fourth-order valence-electron chi connectivity index (χ4n) is 1.21. The van der Waals surface area contributed by atoms with Crippen LogP contribution in [0.2, 0.25) is 0 Å². The fourth-order valence-corrected chi connectivity index (χ4v) is 1.21. The summed E-state index contributed by atoms with van der Waals surface area (Å²) in [4.78, 5) is 1.57. The van der Waals surface area contributed by atoms with Gasteiger partial charge in [-0.1, -0.05) is 0 Å². The van der Waals surface area contributed by atoms with E-state index in [1.807, 2.05) is 43.1 Å². The van der Waals surface area contributed by atoms with Gasteiger partial charge in [0.05, 0.1) is 12.1 Å². The van der Waals surface area contributed by atoms with Crippen molar-refractivity contribution in [3.63, 3.8) is 0 Å². The Morgan fingerprint density at radius 3 is 3.00 bits per heavy atom. The number of aryl methyl sites for hydroxylation is 2. The summed E-state index contributed by atoms with van der Waals surface area (Å²) in [5, 5.41) is 12.1. The molecule has 0 aliphatic heterocycles. The number of tetrazole rings is 1. The van der Waals surface area contributed by atoms with Gasteiger partial charge in [-0.15, -0.1) is 10.2 Å². The maximum Gasteiger partial charge on any atom is 0.210 e. The Hall–Kier alpha value is -1.78. The first kappa shape index (κ1) is 8.80. The third-order valence-corrected chi connectivity index (χ3v) is 1.93. The van der Waals surface area contributed by atoms with Crippen LogP contribution in [-0.4, -0.2) is 20.2 Å². The molecular formula is C9H12N5+. The van der Waals surface area contributed by atoms with Crippen molar-refractivity contribution in [1.29, 1.82) is 0 Å². The predicted octanol–water partition coefficient (Wildman–Crippen LogP) is 0.184. The number of hydrogen-bond acceptors (Lipinski definition) is 3. The van der Waals surface area contributed by atoms with E-state index < -0.39 is 0 Å². The lowest BCUT2D eigenvalue weighted by atomic mass is 10.3. The minimum Gasteiger partial charge on any atom is -0.207 e. The molecule has 2 rings (SSSR count). The molecule has 0 spiro atoms. The van der Waals surface area contributed by atoms with E-state index >= 15 is 0 Å². The molecule has 2 aromatic rings. The lowest BCUT2D eigenvalue weighted by Crippen LogP contribution is -2.26. The smallest absolute Gasteiger partial charge is 0.207 e. The molecule has 0 aliphatic carbocycles. The standard InChI is InChI=1S/C9H12N5/c1-3-14-11-9(10-12-14)8-5-4-6-13(2)7-8/h4-7H,3H2,1-2H3/q+1. The molecule has 5 heteroatoms. The van der Waals surface area contributed by atoms with E-state index in [1.54, 1.807) is 4.80 Å². The van der Waals surface area contributed by atoms with Gasteiger partial charge in [0.1, 0.15) is 7.05 Å². The summed E-state index contributed by atoms with van der Waals surface area (Å²) in [6.07, 6.45) is 3.94. The highest BCUT2D eigenvalue weighted by atomic mass is 15.6. The second-order valence-corrected chi connectivity index (χ2v) is 3.06. The SMILES string of the molecule is CCn1nnc(-c2ccc[n+](C)c2)n1. The number of nitrogens with zero attached hydrogens (tertiary/aromatic N) is 5. The molecule has 0 N–H and O–H groups in total. The van der Waals surface area contributed by atoms with E-state index in [1.165, 1.54) is 0 Å². The zero-order chi connectivity index (χ0) is 9.97.